The van der Waals surface area contributed by atoms with E-state index in [1.54, 1.807) is 25.3 Å². The fourth-order valence-electron chi connectivity index (χ4n) is 4.85. The van der Waals surface area contributed by atoms with Crippen molar-refractivity contribution in [3.8, 4) is 5.75 Å². The fourth-order valence-corrected chi connectivity index (χ4v) is 4.85. The topological polar surface area (TPSA) is 87.1 Å². The molecule has 1 aliphatic heterocycles. The van der Waals surface area contributed by atoms with Gasteiger partial charge in [0, 0.05) is 37.6 Å². The zero-order valence-electron chi connectivity index (χ0n) is 22.1. The van der Waals surface area contributed by atoms with Crippen molar-refractivity contribution >= 4 is 28.9 Å². The van der Waals surface area contributed by atoms with Crippen LogP contribution in [0.15, 0.2) is 95.6 Å². The highest BCUT2D eigenvalue weighted by molar-refractivity contribution is 6.05. The predicted octanol–water partition coefficient (Wildman–Crippen LogP) is 5.36. The summed E-state index contributed by atoms with van der Waals surface area (Å²) in [7, 11) is 1.68. The number of rotatable bonds is 8. The summed E-state index contributed by atoms with van der Waals surface area (Å²) in [6.07, 6.45) is 1.45. The van der Waals surface area contributed by atoms with Crippen LogP contribution in [0.4, 0.5) is 17.1 Å². The Morgan fingerprint density at radius 1 is 0.821 bits per heavy atom. The van der Waals surface area contributed by atoms with Crippen molar-refractivity contribution in [3.63, 3.8) is 0 Å². The van der Waals surface area contributed by atoms with Crippen LogP contribution in [0.25, 0.3) is 0 Å². The summed E-state index contributed by atoms with van der Waals surface area (Å²) >= 11 is 0. The molecule has 0 spiro atoms. The van der Waals surface area contributed by atoms with Crippen molar-refractivity contribution in [1.29, 1.82) is 0 Å². The van der Waals surface area contributed by atoms with Gasteiger partial charge in [0.05, 0.1) is 30.7 Å². The minimum Gasteiger partial charge on any atom is -0.495 e. The highest BCUT2D eigenvalue weighted by Crippen LogP contribution is 2.31. The standard InChI is InChI=1S/C31H32N4O4/c1-22(23-9-4-3-5-10-23)32-30(36)25-21-24(33-31(37)29-13-8-20-39-29)14-15-26(25)34-16-18-35(19-17-34)27-11-6-7-12-28(27)38-2/h3-15,20-22H,16-19H2,1-2H3,(H,32,36)(H,33,37). The van der Waals surface area contributed by atoms with Crippen molar-refractivity contribution in [2.75, 3.05) is 48.4 Å². The summed E-state index contributed by atoms with van der Waals surface area (Å²) in [6.45, 7) is 4.97. The van der Waals surface area contributed by atoms with E-state index in [1.165, 1.54) is 6.26 Å². The average Bonchev–Trinajstić information content (AvgIpc) is 3.53. The van der Waals surface area contributed by atoms with Crippen molar-refractivity contribution < 1.29 is 18.7 Å². The molecule has 1 atom stereocenters. The molecule has 0 radical (unpaired) electrons. The largest absolute Gasteiger partial charge is 0.495 e. The number of amides is 2. The number of benzene rings is 3. The summed E-state index contributed by atoms with van der Waals surface area (Å²) in [4.78, 5) is 30.7. The monoisotopic (exact) mass is 524 g/mol. The van der Waals surface area contributed by atoms with Crippen LogP contribution < -0.4 is 25.2 Å². The molecular formula is C31H32N4O4. The molecule has 4 aromatic rings. The molecule has 3 aromatic carbocycles. The fraction of sp³-hybridized carbons (Fsp3) is 0.226. The molecule has 1 aliphatic rings. The van der Waals surface area contributed by atoms with Crippen LogP contribution >= 0.6 is 0 Å². The number of nitrogens with one attached hydrogen (secondary N) is 2. The minimum absolute atomic E-state index is 0.185. The van der Waals surface area contributed by atoms with E-state index in [9.17, 15) is 9.59 Å². The number of nitrogens with zero attached hydrogens (tertiary/aromatic N) is 2. The van der Waals surface area contributed by atoms with Crippen molar-refractivity contribution in [2.24, 2.45) is 0 Å². The third-order valence-corrected chi connectivity index (χ3v) is 6.94. The lowest BCUT2D eigenvalue weighted by molar-refractivity contribution is 0.0938. The summed E-state index contributed by atoms with van der Waals surface area (Å²) < 4.78 is 10.8. The molecule has 0 saturated carbocycles. The highest BCUT2D eigenvalue weighted by atomic mass is 16.5. The van der Waals surface area contributed by atoms with E-state index in [0.717, 1.165) is 48.9 Å². The maximum absolute atomic E-state index is 13.6. The molecule has 200 valence electrons. The van der Waals surface area contributed by atoms with Crippen molar-refractivity contribution in [2.45, 2.75) is 13.0 Å². The average molecular weight is 525 g/mol. The van der Waals surface area contributed by atoms with Crippen LogP contribution in [0.5, 0.6) is 5.75 Å². The molecule has 0 bridgehead atoms. The number of anilines is 3. The molecule has 1 saturated heterocycles. The van der Waals surface area contributed by atoms with E-state index in [-0.39, 0.29) is 23.6 Å². The molecule has 5 rings (SSSR count). The summed E-state index contributed by atoms with van der Waals surface area (Å²) in [5.41, 5.74) is 3.92. The predicted molar refractivity (Wildman–Crippen MR) is 153 cm³/mol. The number of furan rings is 1. The third-order valence-electron chi connectivity index (χ3n) is 6.94. The Bertz CT molecular complexity index is 1410. The summed E-state index contributed by atoms with van der Waals surface area (Å²) in [6, 6.07) is 26.4. The summed E-state index contributed by atoms with van der Waals surface area (Å²) in [5.74, 6) is 0.470. The molecular weight excluding hydrogens is 492 g/mol. The maximum Gasteiger partial charge on any atom is 0.291 e. The third kappa shape index (κ3) is 5.90. The zero-order chi connectivity index (χ0) is 27.2. The first-order valence-corrected chi connectivity index (χ1v) is 13.0. The highest BCUT2D eigenvalue weighted by Gasteiger charge is 2.25. The minimum atomic E-state index is -0.373. The Hall–Kier alpha value is -4.72. The zero-order valence-corrected chi connectivity index (χ0v) is 22.1. The first-order chi connectivity index (χ1) is 19.0. The molecule has 8 heteroatoms. The lowest BCUT2D eigenvalue weighted by Gasteiger charge is -2.38. The Morgan fingerprint density at radius 2 is 1.51 bits per heavy atom. The number of hydrogen-bond donors (Lipinski definition) is 2. The van der Waals surface area contributed by atoms with Gasteiger partial charge in [0.2, 0.25) is 0 Å². The molecule has 8 nitrogen and oxygen atoms in total. The van der Waals surface area contributed by atoms with E-state index < -0.39 is 0 Å². The van der Waals surface area contributed by atoms with E-state index >= 15 is 0 Å². The number of methoxy groups -OCH3 is 1. The van der Waals surface area contributed by atoms with Gasteiger partial charge in [-0.1, -0.05) is 42.5 Å². The normalized spacial score (nSPS) is 14.0. The van der Waals surface area contributed by atoms with E-state index in [1.807, 2.05) is 67.6 Å². The quantitative estimate of drug-likeness (QED) is 0.323. The molecule has 2 heterocycles. The van der Waals surface area contributed by atoms with Gasteiger partial charge in [-0.15, -0.1) is 0 Å². The number of para-hydroxylation sites is 2. The number of hydrogen-bond acceptors (Lipinski definition) is 6. The molecule has 1 unspecified atom stereocenters. The van der Waals surface area contributed by atoms with E-state index in [2.05, 4.69) is 26.5 Å². The van der Waals surface area contributed by atoms with Gasteiger partial charge in [-0.05, 0) is 55.0 Å². The molecule has 2 amide bonds. The van der Waals surface area contributed by atoms with Gasteiger partial charge in [0.15, 0.2) is 5.76 Å². The smallest absolute Gasteiger partial charge is 0.291 e. The van der Waals surface area contributed by atoms with E-state index in [0.29, 0.717) is 11.3 Å². The maximum atomic E-state index is 13.6. The SMILES string of the molecule is COc1ccccc1N1CCN(c2ccc(NC(=O)c3ccco3)cc2C(=O)NC(C)c2ccccc2)CC1. The Labute approximate surface area is 228 Å². The second-order valence-electron chi connectivity index (χ2n) is 9.42. The van der Waals surface area contributed by atoms with Crippen LogP contribution in [-0.4, -0.2) is 45.1 Å². The van der Waals surface area contributed by atoms with Gasteiger partial charge < -0.3 is 29.6 Å². The summed E-state index contributed by atoms with van der Waals surface area (Å²) in [5, 5.41) is 5.97. The van der Waals surface area contributed by atoms with Gasteiger partial charge in [-0.2, -0.15) is 0 Å². The molecule has 0 aliphatic carbocycles. The number of carbonyl (C=O) groups excluding carboxylic acids is 2. The number of carbonyl (C=O) groups is 2. The molecule has 1 fully saturated rings. The lowest BCUT2D eigenvalue weighted by atomic mass is 10.1. The Balaban J connectivity index is 1.38. The van der Waals surface area contributed by atoms with Gasteiger partial charge in [-0.3, -0.25) is 9.59 Å². The van der Waals surface area contributed by atoms with Crippen LogP contribution in [-0.2, 0) is 0 Å². The van der Waals surface area contributed by atoms with Gasteiger partial charge in [0.25, 0.3) is 11.8 Å². The van der Waals surface area contributed by atoms with E-state index in [4.69, 9.17) is 9.15 Å². The molecule has 39 heavy (non-hydrogen) atoms. The van der Waals surface area contributed by atoms with Gasteiger partial charge in [-0.25, -0.2) is 0 Å². The first kappa shape index (κ1) is 25.9. The van der Waals surface area contributed by atoms with Crippen LogP contribution in [0, 0.1) is 0 Å². The Morgan fingerprint density at radius 3 is 2.21 bits per heavy atom. The molecule has 2 N–H and O–H groups in total. The second-order valence-corrected chi connectivity index (χ2v) is 9.42. The van der Waals surface area contributed by atoms with Crippen molar-refractivity contribution in [1.82, 2.24) is 5.32 Å². The first-order valence-electron chi connectivity index (χ1n) is 13.0. The number of ether oxygens (including phenoxy) is 1. The second kappa shape index (κ2) is 11.8. The van der Waals surface area contributed by atoms with Gasteiger partial charge in [0.1, 0.15) is 5.75 Å². The lowest BCUT2D eigenvalue weighted by Crippen LogP contribution is -2.47. The van der Waals surface area contributed by atoms with Gasteiger partial charge >= 0.3 is 0 Å². The Kier molecular flexibility index (Phi) is 7.82. The van der Waals surface area contributed by atoms with Crippen LogP contribution in [0.2, 0.25) is 0 Å². The van der Waals surface area contributed by atoms with Crippen molar-refractivity contribution in [3.05, 3.63) is 108 Å². The number of piperazine rings is 1. The molecule has 1 aromatic heterocycles. The van der Waals surface area contributed by atoms with Crippen LogP contribution in [0.3, 0.4) is 0 Å². The van der Waals surface area contributed by atoms with Crippen LogP contribution in [0.1, 0.15) is 39.4 Å².